The van der Waals surface area contributed by atoms with Gasteiger partial charge in [0.05, 0.1) is 22.7 Å². The molecule has 0 aliphatic heterocycles. The third-order valence-corrected chi connectivity index (χ3v) is 3.68. The number of benzene rings is 1. The van der Waals surface area contributed by atoms with Crippen molar-refractivity contribution in [3.63, 3.8) is 0 Å². The van der Waals surface area contributed by atoms with Gasteiger partial charge in [-0.1, -0.05) is 0 Å². The Balaban J connectivity index is 2.09. The maximum Gasteiger partial charge on any atom is 0.257 e. The number of nitrogens with zero attached hydrogens (tertiary/aromatic N) is 3. The van der Waals surface area contributed by atoms with Gasteiger partial charge in [0.15, 0.2) is 0 Å². The van der Waals surface area contributed by atoms with Crippen molar-refractivity contribution < 1.29 is 4.79 Å². The Morgan fingerprint density at radius 1 is 1.33 bits per heavy atom. The normalized spacial score (nSPS) is 10.9. The molecule has 6 nitrogen and oxygen atoms in total. The van der Waals surface area contributed by atoms with E-state index in [4.69, 9.17) is 11.1 Å². The summed E-state index contributed by atoms with van der Waals surface area (Å²) in [5.41, 5.74) is 7.21. The molecule has 6 heteroatoms. The van der Waals surface area contributed by atoms with E-state index >= 15 is 0 Å². The topological polar surface area (TPSA) is 96.7 Å². The van der Waals surface area contributed by atoms with Gasteiger partial charge in [-0.3, -0.25) is 15.2 Å². The van der Waals surface area contributed by atoms with Crippen LogP contribution in [0.2, 0.25) is 0 Å². The van der Waals surface area contributed by atoms with Crippen molar-refractivity contribution in [1.29, 1.82) is 5.26 Å². The number of rotatable bonds is 3. The zero-order chi connectivity index (χ0) is 17.1. The molecule has 0 aliphatic carbocycles. The van der Waals surface area contributed by atoms with Gasteiger partial charge in [-0.05, 0) is 55.0 Å². The first-order valence-corrected chi connectivity index (χ1v) is 7.29. The molecule has 0 bridgehead atoms. The first-order chi connectivity index (χ1) is 11.6. The zero-order valence-electron chi connectivity index (χ0n) is 13.0. The highest BCUT2D eigenvalue weighted by Gasteiger charge is 2.09. The molecule has 0 radical (unpaired) electrons. The number of carbonyl (C=O) groups excluding carboxylic acids is 1. The zero-order valence-corrected chi connectivity index (χ0v) is 13.0. The molecule has 0 saturated heterocycles. The number of hydrogen-bond acceptors (Lipinski definition) is 4. The van der Waals surface area contributed by atoms with Crippen LogP contribution in [0.25, 0.3) is 22.8 Å². The average molecular weight is 317 g/mol. The molecule has 24 heavy (non-hydrogen) atoms. The lowest BCUT2D eigenvalue weighted by molar-refractivity contribution is -0.116. The maximum atomic E-state index is 11.2. The fraction of sp³-hybridized carbons (Fsp3) is 0.0556. The number of nitrogens with one attached hydrogen (secondary N) is 1. The number of aromatic nitrogens is 2. The molecular formula is C18H15N5O. The number of hydrogen-bond donors (Lipinski definition) is 2. The fourth-order valence-electron chi connectivity index (χ4n) is 2.56. The van der Waals surface area contributed by atoms with Gasteiger partial charge in [0.2, 0.25) is 0 Å². The molecule has 3 rings (SSSR count). The molecule has 0 aliphatic rings. The Bertz CT molecular complexity index is 977. The molecule has 3 N–H and O–H groups in total. The van der Waals surface area contributed by atoms with E-state index in [1.165, 1.54) is 6.08 Å². The van der Waals surface area contributed by atoms with E-state index in [0.717, 1.165) is 28.0 Å². The lowest BCUT2D eigenvalue weighted by Gasteiger charge is -2.08. The standard InChI is InChI=1S/C18H15N5O/c1-12-8-16-17(9-14(11-21-16)4-7-18(24)22-20)23(12)15-5-2-13(10-19)3-6-15/h2-9,11H,20H2,1H3,(H,22,24). The summed E-state index contributed by atoms with van der Waals surface area (Å²) in [6.07, 6.45) is 4.70. The summed E-state index contributed by atoms with van der Waals surface area (Å²) >= 11 is 0. The monoisotopic (exact) mass is 317 g/mol. The van der Waals surface area contributed by atoms with Gasteiger partial charge < -0.3 is 4.57 Å². The van der Waals surface area contributed by atoms with E-state index in [0.29, 0.717) is 5.56 Å². The van der Waals surface area contributed by atoms with Crippen molar-refractivity contribution in [2.45, 2.75) is 6.92 Å². The van der Waals surface area contributed by atoms with Crippen molar-refractivity contribution in [3.05, 3.63) is 65.5 Å². The van der Waals surface area contributed by atoms with Crippen molar-refractivity contribution in [1.82, 2.24) is 15.0 Å². The lowest BCUT2D eigenvalue weighted by Crippen LogP contribution is -2.27. The third kappa shape index (κ3) is 2.89. The van der Waals surface area contributed by atoms with Gasteiger partial charge in [-0.25, -0.2) is 5.84 Å². The molecule has 118 valence electrons. The number of amides is 1. The Labute approximate surface area is 138 Å². The number of pyridine rings is 1. The summed E-state index contributed by atoms with van der Waals surface area (Å²) in [5.74, 6) is 4.68. The third-order valence-electron chi connectivity index (χ3n) is 3.68. The first kappa shape index (κ1) is 15.5. The van der Waals surface area contributed by atoms with Crippen LogP contribution < -0.4 is 11.3 Å². The molecule has 2 heterocycles. The van der Waals surface area contributed by atoms with Crippen LogP contribution in [-0.4, -0.2) is 15.5 Å². The lowest BCUT2D eigenvalue weighted by atomic mass is 10.2. The minimum Gasteiger partial charge on any atom is -0.312 e. The Morgan fingerprint density at radius 2 is 2.08 bits per heavy atom. The first-order valence-electron chi connectivity index (χ1n) is 7.29. The summed E-state index contributed by atoms with van der Waals surface area (Å²) in [6.45, 7) is 2.00. The summed E-state index contributed by atoms with van der Waals surface area (Å²) in [6, 6.07) is 13.4. The van der Waals surface area contributed by atoms with E-state index in [-0.39, 0.29) is 5.91 Å². The highest BCUT2D eigenvalue weighted by Crippen LogP contribution is 2.24. The Morgan fingerprint density at radius 3 is 2.75 bits per heavy atom. The number of hydrazine groups is 1. The SMILES string of the molecule is Cc1cc2ncc(C=CC(=O)NN)cc2n1-c1ccc(C#N)cc1. The molecular weight excluding hydrogens is 302 g/mol. The van der Waals surface area contributed by atoms with E-state index < -0.39 is 0 Å². The Hall–Kier alpha value is -3.43. The smallest absolute Gasteiger partial charge is 0.257 e. The predicted molar refractivity (Wildman–Crippen MR) is 91.9 cm³/mol. The average Bonchev–Trinajstić information content (AvgIpc) is 2.94. The van der Waals surface area contributed by atoms with Crippen molar-refractivity contribution in [3.8, 4) is 11.8 Å². The van der Waals surface area contributed by atoms with Crippen molar-refractivity contribution in [2.24, 2.45) is 5.84 Å². The molecule has 0 saturated carbocycles. The molecule has 1 aromatic carbocycles. The second kappa shape index (κ2) is 6.36. The Kier molecular flexibility index (Phi) is 4.10. The van der Waals surface area contributed by atoms with Gasteiger partial charge in [0, 0.05) is 23.7 Å². The van der Waals surface area contributed by atoms with Gasteiger partial charge in [-0.2, -0.15) is 5.26 Å². The van der Waals surface area contributed by atoms with E-state index in [1.807, 2.05) is 36.6 Å². The van der Waals surface area contributed by atoms with Gasteiger partial charge in [0.25, 0.3) is 5.91 Å². The molecule has 0 unspecified atom stereocenters. The van der Waals surface area contributed by atoms with Gasteiger partial charge in [0.1, 0.15) is 0 Å². The van der Waals surface area contributed by atoms with Crippen LogP contribution in [0.3, 0.4) is 0 Å². The van der Waals surface area contributed by atoms with E-state index in [2.05, 4.69) is 15.6 Å². The van der Waals surface area contributed by atoms with E-state index in [1.54, 1.807) is 24.4 Å². The van der Waals surface area contributed by atoms with Crippen LogP contribution in [0, 0.1) is 18.3 Å². The number of nitrogens with two attached hydrogens (primary N) is 1. The van der Waals surface area contributed by atoms with E-state index in [9.17, 15) is 4.79 Å². The number of carbonyl (C=O) groups is 1. The molecule has 1 amide bonds. The van der Waals surface area contributed by atoms with Gasteiger partial charge in [-0.15, -0.1) is 0 Å². The van der Waals surface area contributed by atoms with Gasteiger partial charge >= 0.3 is 0 Å². The summed E-state index contributed by atoms with van der Waals surface area (Å²) in [7, 11) is 0. The summed E-state index contributed by atoms with van der Waals surface area (Å²) < 4.78 is 2.06. The minimum absolute atomic E-state index is 0.381. The highest BCUT2D eigenvalue weighted by molar-refractivity contribution is 5.92. The van der Waals surface area contributed by atoms with Crippen LogP contribution >= 0.6 is 0 Å². The number of nitriles is 1. The minimum atomic E-state index is -0.381. The van der Waals surface area contributed by atoms with Crippen LogP contribution in [0.5, 0.6) is 0 Å². The van der Waals surface area contributed by atoms with Crippen LogP contribution in [-0.2, 0) is 4.79 Å². The van der Waals surface area contributed by atoms with Crippen molar-refractivity contribution in [2.75, 3.05) is 0 Å². The van der Waals surface area contributed by atoms with Crippen molar-refractivity contribution >= 4 is 23.0 Å². The number of fused-ring (bicyclic) bond motifs is 1. The molecule has 0 spiro atoms. The van der Waals surface area contributed by atoms with Crippen LogP contribution in [0.4, 0.5) is 0 Å². The van der Waals surface area contributed by atoms with Crippen LogP contribution in [0.1, 0.15) is 16.8 Å². The second-order valence-corrected chi connectivity index (χ2v) is 5.29. The highest BCUT2D eigenvalue weighted by atomic mass is 16.2. The summed E-state index contributed by atoms with van der Waals surface area (Å²) in [5, 5.41) is 8.93. The second-order valence-electron chi connectivity index (χ2n) is 5.29. The maximum absolute atomic E-state index is 11.2. The fourth-order valence-corrected chi connectivity index (χ4v) is 2.56. The predicted octanol–water partition coefficient (Wildman–Crippen LogP) is 2.21. The molecule has 0 atom stereocenters. The molecule has 3 aromatic rings. The van der Waals surface area contributed by atoms with Crippen LogP contribution in [0.15, 0.2) is 48.7 Å². The summed E-state index contributed by atoms with van der Waals surface area (Å²) in [4.78, 5) is 15.7. The quantitative estimate of drug-likeness (QED) is 0.335. The molecule has 0 fully saturated rings. The molecule has 2 aromatic heterocycles. The number of aryl methyl sites for hydroxylation is 1. The largest absolute Gasteiger partial charge is 0.312 e.